The molecule has 1 saturated heterocycles. The van der Waals surface area contributed by atoms with Gasteiger partial charge < -0.3 is 15.2 Å². The summed E-state index contributed by atoms with van der Waals surface area (Å²) in [7, 11) is 0. The lowest BCUT2D eigenvalue weighted by atomic mass is 10.0. The van der Waals surface area contributed by atoms with Crippen molar-refractivity contribution in [3.63, 3.8) is 0 Å². The quantitative estimate of drug-likeness (QED) is 0.929. The van der Waals surface area contributed by atoms with Crippen LogP contribution in [0, 0.1) is 5.92 Å². The van der Waals surface area contributed by atoms with E-state index in [1.54, 1.807) is 0 Å². The Bertz CT molecular complexity index is 580. The third-order valence-corrected chi connectivity index (χ3v) is 3.86. The Balaban J connectivity index is 1.80. The van der Waals surface area contributed by atoms with Crippen molar-refractivity contribution in [2.24, 2.45) is 11.7 Å². The molecule has 4 heteroatoms. The van der Waals surface area contributed by atoms with Gasteiger partial charge in [-0.3, -0.25) is 0 Å². The van der Waals surface area contributed by atoms with E-state index in [1.807, 2.05) is 24.4 Å². The van der Waals surface area contributed by atoms with Gasteiger partial charge in [-0.05, 0) is 35.8 Å². The zero-order valence-corrected chi connectivity index (χ0v) is 11.5. The molecule has 0 aliphatic carbocycles. The Kier molecular flexibility index (Phi) is 4.14. The van der Waals surface area contributed by atoms with E-state index in [0.29, 0.717) is 24.9 Å². The second-order valence-corrected chi connectivity index (χ2v) is 5.21. The number of nitrogens with two attached hydrogens (primary N) is 1. The maximum atomic E-state index is 5.95. The highest BCUT2D eigenvalue weighted by Crippen LogP contribution is 2.27. The first-order valence-corrected chi connectivity index (χ1v) is 7.15. The van der Waals surface area contributed by atoms with Crippen molar-refractivity contribution < 1.29 is 9.47 Å². The van der Waals surface area contributed by atoms with Gasteiger partial charge in [-0.1, -0.05) is 18.2 Å². The molecule has 1 aromatic carbocycles. The van der Waals surface area contributed by atoms with E-state index in [4.69, 9.17) is 15.2 Å². The van der Waals surface area contributed by atoms with Crippen LogP contribution >= 0.6 is 0 Å². The van der Waals surface area contributed by atoms with Gasteiger partial charge in [-0.2, -0.15) is 0 Å². The molecule has 1 aliphatic rings. The zero-order chi connectivity index (χ0) is 13.8. The first-order valence-electron chi connectivity index (χ1n) is 7.15. The average molecular weight is 272 g/mol. The Labute approximate surface area is 118 Å². The summed E-state index contributed by atoms with van der Waals surface area (Å²) in [5, 5.41) is 2.18. The lowest BCUT2D eigenvalue weighted by Gasteiger charge is -2.22. The van der Waals surface area contributed by atoms with Gasteiger partial charge in [0.1, 0.15) is 0 Å². The average Bonchev–Trinajstić information content (AvgIpc) is 2.53. The highest BCUT2D eigenvalue weighted by atomic mass is 16.5. The summed E-state index contributed by atoms with van der Waals surface area (Å²) in [4.78, 5) is 4.43. The van der Waals surface area contributed by atoms with Crippen molar-refractivity contribution in [1.82, 2.24) is 4.98 Å². The molecule has 0 saturated carbocycles. The van der Waals surface area contributed by atoms with Crippen LogP contribution in [0.1, 0.15) is 18.4 Å². The van der Waals surface area contributed by atoms with Gasteiger partial charge in [0.25, 0.3) is 0 Å². The Morgan fingerprint density at radius 3 is 2.70 bits per heavy atom. The highest BCUT2D eigenvalue weighted by Gasteiger charge is 2.15. The fourth-order valence-corrected chi connectivity index (χ4v) is 2.61. The molecule has 1 fully saturated rings. The summed E-state index contributed by atoms with van der Waals surface area (Å²) in [6.07, 6.45) is 3.96. The van der Waals surface area contributed by atoms with Crippen molar-refractivity contribution in [2.45, 2.75) is 19.4 Å². The van der Waals surface area contributed by atoms with Crippen molar-refractivity contribution >= 4 is 10.8 Å². The standard InChI is InChI=1S/C16H20N2O2/c17-9-13-10-18-16(15-4-2-1-3-14(13)15)20-11-12-5-7-19-8-6-12/h1-4,10,12H,5-9,11,17H2. The molecule has 0 bridgehead atoms. The number of fused-ring (bicyclic) bond motifs is 1. The van der Waals surface area contributed by atoms with Crippen LogP contribution in [0.4, 0.5) is 0 Å². The molecule has 0 unspecified atom stereocenters. The first kappa shape index (κ1) is 13.3. The van der Waals surface area contributed by atoms with Crippen molar-refractivity contribution in [3.8, 4) is 5.88 Å². The fourth-order valence-electron chi connectivity index (χ4n) is 2.61. The number of rotatable bonds is 4. The number of hydrogen-bond donors (Lipinski definition) is 1. The molecule has 0 atom stereocenters. The first-order chi connectivity index (χ1) is 9.88. The van der Waals surface area contributed by atoms with Gasteiger partial charge in [0.05, 0.1) is 6.61 Å². The summed E-state index contributed by atoms with van der Waals surface area (Å²) >= 11 is 0. The summed E-state index contributed by atoms with van der Waals surface area (Å²) in [6, 6.07) is 8.14. The Morgan fingerprint density at radius 1 is 1.20 bits per heavy atom. The van der Waals surface area contributed by atoms with Gasteiger partial charge in [0, 0.05) is 31.3 Å². The number of hydrogen-bond acceptors (Lipinski definition) is 4. The van der Waals surface area contributed by atoms with Crippen LogP contribution in [-0.2, 0) is 11.3 Å². The smallest absolute Gasteiger partial charge is 0.221 e. The van der Waals surface area contributed by atoms with Crippen LogP contribution in [0.5, 0.6) is 5.88 Å². The van der Waals surface area contributed by atoms with E-state index in [1.165, 1.54) is 0 Å². The highest BCUT2D eigenvalue weighted by molar-refractivity contribution is 5.89. The van der Waals surface area contributed by atoms with Crippen LogP contribution in [0.25, 0.3) is 10.8 Å². The summed E-state index contributed by atoms with van der Waals surface area (Å²) in [5.74, 6) is 1.28. The lowest BCUT2D eigenvalue weighted by molar-refractivity contribution is 0.0493. The molecule has 2 heterocycles. The SMILES string of the molecule is NCc1cnc(OCC2CCOCC2)c2ccccc12. The van der Waals surface area contributed by atoms with E-state index in [0.717, 1.165) is 42.4 Å². The topological polar surface area (TPSA) is 57.4 Å². The second-order valence-electron chi connectivity index (χ2n) is 5.21. The van der Waals surface area contributed by atoms with Crippen LogP contribution < -0.4 is 10.5 Å². The van der Waals surface area contributed by atoms with Gasteiger partial charge in [0.2, 0.25) is 5.88 Å². The largest absolute Gasteiger partial charge is 0.477 e. The molecule has 0 amide bonds. The maximum Gasteiger partial charge on any atom is 0.221 e. The minimum absolute atomic E-state index is 0.494. The molecule has 2 N–H and O–H groups in total. The van der Waals surface area contributed by atoms with E-state index in [9.17, 15) is 0 Å². The van der Waals surface area contributed by atoms with Gasteiger partial charge >= 0.3 is 0 Å². The molecule has 4 nitrogen and oxygen atoms in total. The molecule has 106 valence electrons. The number of nitrogens with zero attached hydrogens (tertiary/aromatic N) is 1. The van der Waals surface area contributed by atoms with Crippen LogP contribution in [0.15, 0.2) is 30.5 Å². The predicted molar refractivity (Wildman–Crippen MR) is 78.7 cm³/mol. The minimum atomic E-state index is 0.494. The normalized spacial score (nSPS) is 16.4. The molecule has 20 heavy (non-hydrogen) atoms. The number of aromatic nitrogens is 1. The van der Waals surface area contributed by atoms with Crippen molar-refractivity contribution in [2.75, 3.05) is 19.8 Å². The van der Waals surface area contributed by atoms with E-state index >= 15 is 0 Å². The summed E-state index contributed by atoms with van der Waals surface area (Å²) in [6.45, 7) is 2.89. The maximum absolute atomic E-state index is 5.95. The Morgan fingerprint density at radius 2 is 1.95 bits per heavy atom. The third kappa shape index (κ3) is 2.76. The van der Waals surface area contributed by atoms with Gasteiger partial charge in [-0.15, -0.1) is 0 Å². The van der Waals surface area contributed by atoms with E-state index in [-0.39, 0.29) is 0 Å². The van der Waals surface area contributed by atoms with Crippen LogP contribution in [0.2, 0.25) is 0 Å². The molecule has 0 radical (unpaired) electrons. The second kappa shape index (κ2) is 6.20. The summed E-state index contributed by atoms with van der Waals surface area (Å²) < 4.78 is 11.3. The van der Waals surface area contributed by atoms with Gasteiger partial charge in [0.15, 0.2) is 0 Å². The molecule has 1 aliphatic heterocycles. The molecule has 2 aromatic rings. The molecule has 1 aromatic heterocycles. The lowest BCUT2D eigenvalue weighted by Crippen LogP contribution is -2.21. The molecule has 0 spiro atoms. The van der Waals surface area contributed by atoms with Gasteiger partial charge in [-0.25, -0.2) is 4.98 Å². The third-order valence-electron chi connectivity index (χ3n) is 3.86. The summed E-state index contributed by atoms with van der Waals surface area (Å²) in [5.41, 5.74) is 6.82. The monoisotopic (exact) mass is 272 g/mol. The zero-order valence-electron chi connectivity index (χ0n) is 11.5. The molecular formula is C16H20N2O2. The predicted octanol–water partition coefficient (Wildman–Crippen LogP) is 2.50. The van der Waals surface area contributed by atoms with E-state index in [2.05, 4.69) is 11.1 Å². The Hall–Kier alpha value is -1.65. The number of pyridine rings is 1. The van der Waals surface area contributed by atoms with E-state index < -0.39 is 0 Å². The molecular weight excluding hydrogens is 252 g/mol. The van der Waals surface area contributed by atoms with Crippen LogP contribution in [-0.4, -0.2) is 24.8 Å². The number of benzene rings is 1. The molecule has 3 rings (SSSR count). The number of ether oxygens (including phenoxy) is 2. The van der Waals surface area contributed by atoms with Crippen LogP contribution in [0.3, 0.4) is 0 Å². The fraction of sp³-hybridized carbons (Fsp3) is 0.438. The van der Waals surface area contributed by atoms with Crippen molar-refractivity contribution in [3.05, 3.63) is 36.0 Å². The van der Waals surface area contributed by atoms with Crippen molar-refractivity contribution in [1.29, 1.82) is 0 Å². The minimum Gasteiger partial charge on any atom is -0.477 e.